The summed E-state index contributed by atoms with van der Waals surface area (Å²) in [6.07, 6.45) is 7.83. The molecule has 0 aliphatic carbocycles. The van der Waals surface area contributed by atoms with Gasteiger partial charge in [0.25, 0.3) is 0 Å². The molecule has 3 nitrogen and oxygen atoms in total. The Labute approximate surface area is 118 Å². The van der Waals surface area contributed by atoms with E-state index in [0.717, 1.165) is 30.0 Å². The van der Waals surface area contributed by atoms with Gasteiger partial charge < -0.3 is 10.1 Å². The maximum Gasteiger partial charge on any atom is 0.148 e. The first kappa shape index (κ1) is 15.7. The van der Waals surface area contributed by atoms with Crippen LogP contribution in [0.2, 0.25) is 0 Å². The van der Waals surface area contributed by atoms with E-state index in [1.807, 2.05) is 24.3 Å². The Morgan fingerprint density at radius 2 is 2.21 bits per heavy atom. The van der Waals surface area contributed by atoms with Gasteiger partial charge in [0, 0.05) is 41.0 Å². The molecular weight excluding hydrogens is 258 g/mol. The smallest absolute Gasteiger partial charge is 0.148 e. The number of hydrogen-bond acceptors (Lipinski definition) is 3. The second-order valence-corrected chi connectivity index (χ2v) is 6.00. The molecular formula is C15H21NO2S. The topological polar surface area (TPSA) is 38.3 Å². The van der Waals surface area contributed by atoms with Gasteiger partial charge in [0.05, 0.1) is 0 Å². The zero-order chi connectivity index (χ0) is 14.1. The Hall–Kier alpha value is -1.31. The minimum Gasteiger partial charge on any atom is -0.481 e. The highest BCUT2D eigenvalue weighted by molar-refractivity contribution is 7.84. The molecule has 4 heteroatoms. The summed E-state index contributed by atoms with van der Waals surface area (Å²) < 4.78 is 16.5. The van der Waals surface area contributed by atoms with Crippen molar-refractivity contribution in [3.63, 3.8) is 0 Å². The fraction of sp³-hybridized carbons (Fsp3) is 0.467. The summed E-state index contributed by atoms with van der Waals surface area (Å²) in [7, 11) is -0.730. The van der Waals surface area contributed by atoms with Gasteiger partial charge in [-0.3, -0.25) is 4.21 Å². The number of hydrogen-bond donors (Lipinski definition) is 1. The molecule has 0 aliphatic rings. The average Bonchev–Trinajstić information content (AvgIpc) is 2.41. The van der Waals surface area contributed by atoms with E-state index in [0.29, 0.717) is 6.04 Å². The SMILES string of the molecule is C#CCOc1ccccc1CNC(C)CCS(C)=O. The van der Waals surface area contributed by atoms with E-state index in [9.17, 15) is 4.21 Å². The Bertz CT molecular complexity index is 454. The fourth-order valence-electron chi connectivity index (χ4n) is 1.64. The molecule has 0 bridgehead atoms. The van der Waals surface area contributed by atoms with E-state index in [1.54, 1.807) is 6.26 Å². The minimum atomic E-state index is -0.730. The molecule has 1 aromatic carbocycles. The Balaban J connectivity index is 2.48. The quantitative estimate of drug-likeness (QED) is 0.739. The molecule has 0 saturated heterocycles. The van der Waals surface area contributed by atoms with Gasteiger partial charge in [-0.05, 0) is 19.4 Å². The first-order valence-electron chi connectivity index (χ1n) is 6.31. The van der Waals surface area contributed by atoms with Crippen LogP contribution in [0.1, 0.15) is 18.9 Å². The lowest BCUT2D eigenvalue weighted by atomic mass is 10.2. The largest absolute Gasteiger partial charge is 0.481 e. The monoisotopic (exact) mass is 279 g/mol. The first-order valence-corrected chi connectivity index (χ1v) is 8.03. The zero-order valence-corrected chi connectivity index (χ0v) is 12.3. The van der Waals surface area contributed by atoms with E-state index in [2.05, 4.69) is 18.2 Å². The highest BCUT2D eigenvalue weighted by atomic mass is 32.2. The van der Waals surface area contributed by atoms with Gasteiger partial charge in [-0.1, -0.05) is 24.1 Å². The lowest BCUT2D eigenvalue weighted by Crippen LogP contribution is -2.27. The number of nitrogens with one attached hydrogen (secondary N) is 1. The second-order valence-electron chi connectivity index (χ2n) is 4.45. The molecule has 0 aromatic heterocycles. The predicted octanol–water partition coefficient (Wildman–Crippen LogP) is 1.95. The van der Waals surface area contributed by atoms with Crippen LogP contribution >= 0.6 is 0 Å². The van der Waals surface area contributed by atoms with Crippen molar-refractivity contribution in [2.24, 2.45) is 0 Å². The summed E-state index contributed by atoms with van der Waals surface area (Å²) in [5, 5.41) is 3.40. The summed E-state index contributed by atoms with van der Waals surface area (Å²) in [6.45, 7) is 3.09. The molecule has 0 radical (unpaired) electrons. The van der Waals surface area contributed by atoms with Crippen LogP contribution in [0.25, 0.3) is 0 Å². The lowest BCUT2D eigenvalue weighted by molar-refractivity contribution is 0.363. The summed E-state index contributed by atoms with van der Waals surface area (Å²) in [5.41, 5.74) is 1.09. The van der Waals surface area contributed by atoms with Crippen molar-refractivity contribution in [2.45, 2.75) is 25.9 Å². The third-order valence-corrected chi connectivity index (χ3v) is 3.57. The van der Waals surface area contributed by atoms with Gasteiger partial charge in [0.2, 0.25) is 0 Å². The summed E-state index contributed by atoms with van der Waals surface area (Å²) in [5.74, 6) is 4.01. The van der Waals surface area contributed by atoms with E-state index in [-0.39, 0.29) is 6.61 Å². The number of ether oxygens (including phenoxy) is 1. The highest BCUT2D eigenvalue weighted by Gasteiger charge is 2.06. The van der Waals surface area contributed by atoms with Gasteiger partial charge in [0.1, 0.15) is 12.4 Å². The van der Waals surface area contributed by atoms with Gasteiger partial charge >= 0.3 is 0 Å². The van der Waals surface area contributed by atoms with Gasteiger partial charge in [0.15, 0.2) is 0 Å². The number of benzene rings is 1. The van der Waals surface area contributed by atoms with E-state index < -0.39 is 10.8 Å². The molecule has 1 rings (SSSR count). The van der Waals surface area contributed by atoms with Gasteiger partial charge in [-0.15, -0.1) is 6.42 Å². The van der Waals surface area contributed by atoms with E-state index in [1.165, 1.54) is 0 Å². The molecule has 0 spiro atoms. The highest BCUT2D eigenvalue weighted by Crippen LogP contribution is 2.17. The molecule has 1 aromatic rings. The van der Waals surface area contributed by atoms with Gasteiger partial charge in [-0.2, -0.15) is 0 Å². The molecule has 0 amide bonds. The van der Waals surface area contributed by atoms with E-state index in [4.69, 9.17) is 11.2 Å². The maximum atomic E-state index is 11.0. The molecule has 2 unspecified atom stereocenters. The molecule has 2 atom stereocenters. The predicted molar refractivity (Wildman–Crippen MR) is 80.6 cm³/mol. The van der Waals surface area contributed by atoms with Crippen LogP contribution < -0.4 is 10.1 Å². The van der Waals surface area contributed by atoms with Crippen molar-refractivity contribution < 1.29 is 8.95 Å². The third-order valence-electron chi connectivity index (χ3n) is 2.76. The molecule has 19 heavy (non-hydrogen) atoms. The van der Waals surface area contributed by atoms with Crippen molar-refractivity contribution >= 4 is 10.8 Å². The van der Waals surface area contributed by atoms with Crippen molar-refractivity contribution in [1.29, 1.82) is 0 Å². The number of terminal acetylenes is 1. The molecule has 1 N–H and O–H groups in total. The van der Waals surface area contributed by atoms with Crippen molar-refractivity contribution in [3.8, 4) is 18.1 Å². The molecule has 0 fully saturated rings. The Morgan fingerprint density at radius 1 is 1.47 bits per heavy atom. The van der Waals surface area contributed by atoms with Crippen LogP contribution in [-0.4, -0.2) is 28.9 Å². The molecule has 0 aliphatic heterocycles. The lowest BCUT2D eigenvalue weighted by Gasteiger charge is -2.15. The summed E-state index contributed by atoms with van der Waals surface area (Å²) in [4.78, 5) is 0. The maximum absolute atomic E-state index is 11.0. The zero-order valence-electron chi connectivity index (χ0n) is 11.5. The average molecular weight is 279 g/mol. The third kappa shape index (κ3) is 6.42. The molecule has 0 saturated carbocycles. The Morgan fingerprint density at radius 3 is 2.89 bits per heavy atom. The fourth-order valence-corrected chi connectivity index (χ4v) is 2.32. The summed E-state index contributed by atoms with van der Waals surface area (Å²) in [6, 6.07) is 8.17. The molecule has 104 valence electrons. The van der Waals surface area contributed by atoms with Crippen LogP contribution in [0.5, 0.6) is 5.75 Å². The minimum absolute atomic E-state index is 0.279. The van der Waals surface area contributed by atoms with Crippen LogP contribution in [-0.2, 0) is 17.3 Å². The van der Waals surface area contributed by atoms with Crippen LogP contribution in [0.15, 0.2) is 24.3 Å². The van der Waals surface area contributed by atoms with E-state index >= 15 is 0 Å². The standard InChI is InChI=1S/C15H21NO2S/c1-4-10-18-15-8-6-5-7-14(15)12-16-13(2)9-11-19(3)17/h1,5-8,13,16H,9-12H2,2-3H3. The number of rotatable bonds is 8. The first-order chi connectivity index (χ1) is 9.13. The van der Waals surface area contributed by atoms with Gasteiger partial charge in [-0.25, -0.2) is 0 Å². The van der Waals surface area contributed by atoms with Crippen molar-refractivity contribution in [3.05, 3.63) is 29.8 Å². The van der Waals surface area contributed by atoms with Crippen molar-refractivity contribution in [2.75, 3.05) is 18.6 Å². The van der Waals surface area contributed by atoms with Crippen LogP contribution in [0.4, 0.5) is 0 Å². The van der Waals surface area contributed by atoms with Crippen molar-refractivity contribution in [1.82, 2.24) is 5.32 Å². The normalized spacial score (nSPS) is 13.5. The Kier molecular flexibility index (Phi) is 7.24. The molecule has 0 heterocycles. The van der Waals surface area contributed by atoms with Crippen LogP contribution in [0, 0.1) is 12.3 Å². The second kappa shape index (κ2) is 8.73. The number of para-hydroxylation sites is 1. The summed E-state index contributed by atoms with van der Waals surface area (Å²) >= 11 is 0. The van der Waals surface area contributed by atoms with Crippen LogP contribution in [0.3, 0.4) is 0 Å².